The van der Waals surface area contributed by atoms with Gasteiger partial charge in [-0.05, 0) is 31.6 Å². The van der Waals surface area contributed by atoms with E-state index in [2.05, 4.69) is 34.6 Å². The zero-order chi connectivity index (χ0) is 71.2. The van der Waals surface area contributed by atoms with Gasteiger partial charge in [0.15, 0.2) is 12.2 Å². The van der Waals surface area contributed by atoms with E-state index in [1.165, 1.54) is 238 Å². The predicted octanol–water partition coefficient (Wildman–Crippen LogP) is 23.3. The van der Waals surface area contributed by atoms with Crippen molar-refractivity contribution in [1.82, 2.24) is 0 Å². The van der Waals surface area contributed by atoms with Crippen molar-refractivity contribution in [2.75, 3.05) is 39.6 Å². The fourth-order valence-corrected chi connectivity index (χ4v) is 13.6. The molecule has 17 nitrogen and oxygen atoms in total. The second-order valence-corrected chi connectivity index (χ2v) is 31.5. The third-order valence-corrected chi connectivity index (χ3v) is 20.2. The summed E-state index contributed by atoms with van der Waals surface area (Å²) in [5, 5.41) is 10.6. The Kier molecular flexibility index (Phi) is 69.6. The van der Waals surface area contributed by atoms with Gasteiger partial charge in [-0.1, -0.05) is 362 Å². The lowest BCUT2D eigenvalue weighted by Crippen LogP contribution is -2.30. The van der Waals surface area contributed by atoms with Crippen LogP contribution in [0.1, 0.15) is 413 Å². The van der Waals surface area contributed by atoms with Crippen LogP contribution in [0, 0.1) is 5.92 Å². The van der Waals surface area contributed by atoms with Crippen LogP contribution in [-0.2, 0) is 65.4 Å². The molecule has 0 rings (SSSR count). The van der Waals surface area contributed by atoms with Crippen molar-refractivity contribution in [2.45, 2.75) is 432 Å². The van der Waals surface area contributed by atoms with Gasteiger partial charge in [-0.3, -0.25) is 37.3 Å². The Morgan fingerprint density at radius 2 is 0.474 bits per heavy atom. The molecule has 97 heavy (non-hydrogen) atoms. The topological polar surface area (TPSA) is 237 Å². The predicted molar refractivity (Wildman–Crippen MR) is 395 cm³/mol. The molecule has 0 fully saturated rings. The van der Waals surface area contributed by atoms with E-state index in [-0.39, 0.29) is 25.7 Å². The zero-order valence-electron chi connectivity index (χ0n) is 63.2. The highest BCUT2D eigenvalue weighted by molar-refractivity contribution is 7.47. The number of carbonyl (C=O) groups excluding carboxylic acids is 4. The van der Waals surface area contributed by atoms with Gasteiger partial charge >= 0.3 is 39.5 Å². The largest absolute Gasteiger partial charge is 0.472 e. The number of aliphatic hydroxyl groups excluding tert-OH is 1. The SMILES string of the molecule is CCCCCCCCCCCCCCCCCCCCC(=O)O[C@H](COC(=O)CCCCCCCCCCCCCCCCCC)COP(=O)(O)OC[C@@H](O)COP(=O)(O)OC[C@@H](COC(=O)CCCCCCCCCCC(C)C)OC(=O)CCCCCCCCCCCCCC. The lowest BCUT2D eigenvalue weighted by atomic mass is 10.0. The van der Waals surface area contributed by atoms with Crippen molar-refractivity contribution in [3.8, 4) is 0 Å². The number of hydrogen-bond acceptors (Lipinski definition) is 15. The zero-order valence-corrected chi connectivity index (χ0v) is 65.0. The lowest BCUT2D eigenvalue weighted by molar-refractivity contribution is -0.161. The van der Waals surface area contributed by atoms with E-state index in [9.17, 15) is 43.2 Å². The van der Waals surface area contributed by atoms with Crippen LogP contribution in [0.2, 0.25) is 0 Å². The number of aliphatic hydroxyl groups is 1. The molecule has 0 heterocycles. The number of esters is 4. The molecule has 0 aliphatic carbocycles. The Labute approximate surface area is 594 Å². The first kappa shape index (κ1) is 95.1. The van der Waals surface area contributed by atoms with Crippen LogP contribution in [0.4, 0.5) is 0 Å². The number of phosphoric ester groups is 2. The highest BCUT2D eigenvalue weighted by Crippen LogP contribution is 2.45. The van der Waals surface area contributed by atoms with Crippen molar-refractivity contribution in [3.05, 3.63) is 0 Å². The van der Waals surface area contributed by atoms with Crippen LogP contribution < -0.4 is 0 Å². The van der Waals surface area contributed by atoms with E-state index < -0.39 is 97.5 Å². The molecule has 0 aromatic carbocycles. The lowest BCUT2D eigenvalue weighted by Gasteiger charge is -2.21. The van der Waals surface area contributed by atoms with E-state index in [1.807, 2.05) is 0 Å². The summed E-state index contributed by atoms with van der Waals surface area (Å²) in [4.78, 5) is 72.9. The van der Waals surface area contributed by atoms with Crippen molar-refractivity contribution >= 4 is 39.5 Å². The first-order chi connectivity index (χ1) is 47.0. The fourth-order valence-electron chi connectivity index (χ4n) is 12.1. The van der Waals surface area contributed by atoms with Crippen LogP contribution in [0.3, 0.4) is 0 Å². The number of carbonyl (C=O) groups is 4. The summed E-state index contributed by atoms with van der Waals surface area (Å²) in [6, 6.07) is 0. The van der Waals surface area contributed by atoms with Gasteiger partial charge < -0.3 is 33.8 Å². The van der Waals surface area contributed by atoms with Crippen LogP contribution in [-0.4, -0.2) is 96.7 Å². The number of rotatable bonds is 78. The molecule has 19 heteroatoms. The third kappa shape index (κ3) is 72.2. The van der Waals surface area contributed by atoms with Crippen molar-refractivity contribution in [3.63, 3.8) is 0 Å². The molecule has 0 aliphatic heterocycles. The molecule has 2 unspecified atom stereocenters. The number of hydrogen-bond donors (Lipinski definition) is 3. The molecule has 576 valence electrons. The molecule has 0 saturated heterocycles. The second kappa shape index (κ2) is 71.1. The van der Waals surface area contributed by atoms with Gasteiger partial charge in [-0.2, -0.15) is 0 Å². The van der Waals surface area contributed by atoms with Gasteiger partial charge in [0.2, 0.25) is 0 Å². The molecular weight excluding hydrogens is 1270 g/mol. The molecule has 5 atom stereocenters. The molecule has 0 bridgehead atoms. The number of ether oxygens (including phenoxy) is 4. The molecular formula is C78H152O17P2. The van der Waals surface area contributed by atoms with Gasteiger partial charge in [-0.15, -0.1) is 0 Å². The Balaban J connectivity index is 5.24. The molecule has 0 spiro atoms. The minimum absolute atomic E-state index is 0.107. The van der Waals surface area contributed by atoms with Gasteiger partial charge in [0.1, 0.15) is 19.3 Å². The van der Waals surface area contributed by atoms with Crippen LogP contribution in [0.5, 0.6) is 0 Å². The van der Waals surface area contributed by atoms with Gasteiger partial charge in [0.25, 0.3) is 0 Å². The quantitative estimate of drug-likeness (QED) is 0.0222. The normalized spacial score (nSPS) is 13.9. The van der Waals surface area contributed by atoms with Gasteiger partial charge in [-0.25, -0.2) is 9.13 Å². The maximum absolute atomic E-state index is 13.1. The number of phosphoric acid groups is 2. The Bertz CT molecular complexity index is 1860. The monoisotopic (exact) mass is 1420 g/mol. The summed E-state index contributed by atoms with van der Waals surface area (Å²) in [6.07, 6.45) is 61.0. The molecule has 0 radical (unpaired) electrons. The summed E-state index contributed by atoms with van der Waals surface area (Å²) in [5.74, 6) is -1.38. The van der Waals surface area contributed by atoms with Gasteiger partial charge in [0, 0.05) is 25.7 Å². The smallest absolute Gasteiger partial charge is 0.462 e. The molecule has 0 aliphatic rings. The van der Waals surface area contributed by atoms with Gasteiger partial charge in [0.05, 0.1) is 26.4 Å². The van der Waals surface area contributed by atoms with Crippen LogP contribution >= 0.6 is 15.6 Å². The molecule has 0 saturated carbocycles. The van der Waals surface area contributed by atoms with Crippen molar-refractivity contribution < 1.29 is 80.2 Å². The van der Waals surface area contributed by atoms with E-state index in [4.69, 9.17) is 37.0 Å². The average molecular weight is 1420 g/mol. The Hall–Kier alpha value is -1.94. The summed E-state index contributed by atoms with van der Waals surface area (Å²) in [6.45, 7) is 7.28. The standard InChI is InChI=1S/C78H152O17P2/c1-6-9-12-15-18-21-24-27-29-31-32-34-36-39-42-49-54-59-64-78(83)94-73(67-88-75(80)61-56-51-46-40-38-35-33-30-28-25-22-19-16-13-10-7-2)69-92-96(84,85)90-65-72(79)66-91-97(86,87)93-70-74(68-89-76(81)62-57-52-47-44-43-45-50-55-60-71(4)5)95-77(82)63-58-53-48-41-37-26-23-20-17-14-11-8-3/h71-74,79H,6-70H2,1-5H3,(H,84,85)(H,86,87)/t72-,73-,74-/m1/s1. The second-order valence-electron chi connectivity index (χ2n) is 28.6. The highest BCUT2D eigenvalue weighted by Gasteiger charge is 2.30. The summed E-state index contributed by atoms with van der Waals surface area (Å²) in [5.41, 5.74) is 0. The maximum Gasteiger partial charge on any atom is 0.472 e. The third-order valence-electron chi connectivity index (χ3n) is 18.3. The van der Waals surface area contributed by atoms with Crippen molar-refractivity contribution in [1.29, 1.82) is 0 Å². The van der Waals surface area contributed by atoms with E-state index in [1.54, 1.807) is 0 Å². The first-order valence-electron chi connectivity index (χ1n) is 40.6. The summed E-state index contributed by atoms with van der Waals surface area (Å²) >= 11 is 0. The van der Waals surface area contributed by atoms with E-state index in [0.717, 1.165) is 95.8 Å². The summed E-state index contributed by atoms with van der Waals surface area (Å²) in [7, 11) is -9.91. The minimum atomic E-state index is -4.96. The molecule has 0 aromatic heterocycles. The molecule has 0 aromatic rings. The van der Waals surface area contributed by atoms with Crippen LogP contribution in [0.15, 0.2) is 0 Å². The van der Waals surface area contributed by atoms with E-state index >= 15 is 0 Å². The Morgan fingerprint density at radius 3 is 0.701 bits per heavy atom. The number of unbranched alkanes of at least 4 members (excludes halogenated alkanes) is 50. The van der Waals surface area contributed by atoms with E-state index in [0.29, 0.717) is 25.7 Å². The Morgan fingerprint density at radius 1 is 0.278 bits per heavy atom. The minimum Gasteiger partial charge on any atom is -0.462 e. The summed E-state index contributed by atoms with van der Waals surface area (Å²) < 4.78 is 68.6. The average Bonchev–Trinajstić information content (AvgIpc) is 1.25. The maximum atomic E-state index is 13.1. The van der Waals surface area contributed by atoms with Crippen molar-refractivity contribution in [2.24, 2.45) is 5.92 Å². The van der Waals surface area contributed by atoms with Crippen LogP contribution in [0.25, 0.3) is 0 Å². The molecule has 0 amide bonds. The first-order valence-corrected chi connectivity index (χ1v) is 43.6. The fraction of sp³-hybridized carbons (Fsp3) is 0.949. The molecule has 3 N–H and O–H groups in total. The highest BCUT2D eigenvalue weighted by atomic mass is 31.2.